The zero-order chi connectivity index (χ0) is 12.1. The molecule has 17 heavy (non-hydrogen) atoms. The Morgan fingerprint density at radius 2 is 2.47 bits per heavy atom. The fraction of sp³-hybridized carbons (Fsp3) is 0.0909. The van der Waals surface area contributed by atoms with E-state index in [4.69, 9.17) is 5.21 Å². The van der Waals surface area contributed by atoms with Gasteiger partial charge in [-0.05, 0) is 23.6 Å². The summed E-state index contributed by atoms with van der Waals surface area (Å²) in [6.45, 7) is 0.101. The largest absolute Gasteiger partial charge is 0.411 e. The van der Waals surface area contributed by atoms with Gasteiger partial charge in [-0.3, -0.25) is 15.3 Å². The lowest BCUT2D eigenvalue weighted by atomic mass is 10.3. The summed E-state index contributed by atoms with van der Waals surface area (Å²) in [5.74, 6) is 0. The summed E-state index contributed by atoms with van der Waals surface area (Å²) in [7, 11) is 0. The van der Waals surface area contributed by atoms with Gasteiger partial charge < -0.3 is 5.21 Å². The Morgan fingerprint density at radius 3 is 3.06 bits per heavy atom. The van der Waals surface area contributed by atoms with Crippen molar-refractivity contribution in [3.8, 4) is 0 Å². The molecule has 2 rings (SSSR count). The summed E-state index contributed by atoms with van der Waals surface area (Å²) < 4.78 is 0. The number of aliphatic imine (C=N–C) groups is 1. The zero-order valence-electron chi connectivity index (χ0n) is 8.89. The van der Waals surface area contributed by atoms with E-state index < -0.39 is 0 Å². The Bertz CT molecular complexity index is 475. The Balaban J connectivity index is 2.03. The van der Waals surface area contributed by atoms with Crippen LogP contribution in [0.15, 0.2) is 51.7 Å². The number of oxime groups is 1. The average molecular weight is 249 g/mol. The molecule has 0 fully saturated rings. The van der Waals surface area contributed by atoms with Crippen molar-refractivity contribution >= 4 is 23.3 Å². The third-order valence-corrected chi connectivity index (χ3v) is 3.01. The third-order valence-electron chi connectivity index (χ3n) is 2.10. The molecular formula is C11H11N3O2S. The van der Waals surface area contributed by atoms with Crippen molar-refractivity contribution in [3.05, 3.63) is 46.4 Å². The predicted molar refractivity (Wildman–Crippen MR) is 66.9 cm³/mol. The molecule has 1 aromatic rings. The molecule has 0 aromatic carbocycles. The average Bonchev–Trinajstić information content (AvgIpc) is 2.97. The topological polar surface area (TPSA) is 68.4 Å². The van der Waals surface area contributed by atoms with Crippen LogP contribution in [-0.2, 0) is 0 Å². The number of hydroxylamine groups is 2. The van der Waals surface area contributed by atoms with Gasteiger partial charge in [0.05, 0.1) is 23.3 Å². The molecule has 0 radical (unpaired) electrons. The van der Waals surface area contributed by atoms with Crippen LogP contribution in [0.4, 0.5) is 0 Å². The van der Waals surface area contributed by atoms with Crippen molar-refractivity contribution in [2.45, 2.75) is 0 Å². The Hall–Kier alpha value is -1.92. The van der Waals surface area contributed by atoms with Gasteiger partial charge in [-0.15, -0.1) is 11.3 Å². The molecule has 6 heteroatoms. The molecule has 88 valence electrons. The molecule has 2 heterocycles. The fourth-order valence-corrected chi connectivity index (χ4v) is 2.05. The van der Waals surface area contributed by atoms with Gasteiger partial charge in [0.15, 0.2) is 0 Å². The van der Waals surface area contributed by atoms with E-state index in [1.807, 2.05) is 17.5 Å². The molecule has 0 bridgehead atoms. The van der Waals surface area contributed by atoms with Gasteiger partial charge >= 0.3 is 0 Å². The molecule has 0 unspecified atom stereocenters. The van der Waals surface area contributed by atoms with Crippen LogP contribution >= 0.6 is 11.3 Å². The first-order chi connectivity index (χ1) is 8.29. The highest BCUT2D eigenvalue weighted by Gasteiger charge is 2.09. The van der Waals surface area contributed by atoms with Gasteiger partial charge in [0.1, 0.15) is 5.71 Å². The number of thiophene rings is 1. The molecule has 1 aromatic heterocycles. The standard InChI is InChI=1S/C11H11N3O2S/c15-13-10(11-4-2-6-17-11)8-14(16)7-9-3-1-5-12-9/h1-7,15-16H,8H2. The Kier molecular flexibility index (Phi) is 3.69. The smallest absolute Gasteiger partial charge is 0.119 e. The van der Waals surface area contributed by atoms with Crippen molar-refractivity contribution in [2.75, 3.05) is 6.54 Å². The van der Waals surface area contributed by atoms with Gasteiger partial charge in [-0.2, -0.15) is 0 Å². The predicted octanol–water partition coefficient (Wildman–Crippen LogP) is 2.10. The van der Waals surface area contributed by atoms with Crippen LogP contribution in [0.3, 0.4) is 0 Å². The molecule has 1 aliphatic rings. The second-order valence-electron chi connectivity index (χ2n) is 3.31. The lowest BCUT2D eigenvalue weighted by molar-refractivity contribution is -0.0259. The molecule has 0 aliphatic carbocycles. The van der Waals surface area contributed by atoms with E-state index in [2.05, 4.69) is 10.1 Å². The second kappa shape index (κ2) is 5.42. The van der Waals surface area contributed by atoms with Gasteiger partial charge in [-0.25, -0.2) is 0 Å². The van der Waals surface area contributed by atoms with Gasteiger partial charge in [0, 0.05) is 6.21 Å². The maximum atomic E-state index is 9.67. The number of nitrogens with zero attached hydrogens (tertiary/aromatic N) is 3. The highest BCUT2D eigenvalue weighted by Crippen LogP contribution is 2.12. The summed E-state index contributed by atoms with van der Waals surface area (Å²) in [4.78, 5) is 4.81. The van der Waals surface area contributed by atoms with Crippen molar-refractivity contribution in [1.82, 2.24) is 5.06 Å². The molecule has 0 amide bonds. The Labute approximate surface area is 102 Å². The van der Waals surface area contributed by atoms with E-state index >= 15 is 0 Å². The van der Waals surface area contributed by atoms with Crippen LogP contribution < -0.4 is 0 Å². The van der Waals surface area contributed by atoms with Crippen LogP contribution in [0, 0.1) is 0 Å². The first-order valence-corrected chi connectivity index (χ1v) is 5.80. The van der Waals surface area contributed by atoms with E-state index in [1.54, 1.807) is 18.4 Å². The molecule has 2 N–H and O–H groups in total. The molecule has 0 saturated carbocycles. The summed E-state index contributed by atoms with van der Waals surface area (Å²) in [6.07, 6.45) is 6.66. The van der Waals surface area contributed by atoms with Crippen LogP contribution in [0.1, 0.15) is 4.88 Å². The minimum absolute atomic E-state index is 0.101. The molecule has 0 saturated heterocycles. The van der Waals surface area contributed by atoms with E-state index in [-0.39, 0.29) is 6.54 Å². The SMILES string of the molecule is ON=C(CN(O)C=C1C=CC=N1)c1cccs1. The Morgan fingerprint density at radius 1 is 1.59 bits per heavy atom. The third kappa shape index (κ3) is 3.02. The van der Waals surface area contributed by atoms with E-state index in [0.29, 0.717) is 11.4 Å². The quantitative estimate of drug-likeness (QED) is 0.488. The highest BCUT2D eigenvalue weighted by molar-refractivity contribution is 7.12. The van der Waals surface area contributed by atoms with Crippen molar-refractivity contribution in [2.24, 2.45) is 10.1 Å². The lowest BCUT2D eigenvalue weighted by Gasteiger charge is -2.12. The fourth-order valence-electron chi connectivity index (χ4n) is 1.34. The minimum Gasteiger partial charge on any atom is -0.411 e. The first-order valence-electron chi connectivity index (χ1n) is 4.92. The van der Waals surface area contributed by atoms with Crippen LogP contribution in [-0.4, -0.2) is 33.9 Å². The number of hydrogen-bond donors (Lipinski definition) is 2. The monoisotopic (exact) mass is 249 g/mol. The van der Waals surface area contributed by atoms with Gasteiger partial charge in [0.25, 0.3) is 0 Å². The highest BCUT2D eigenvalue weighted by atomic mass is 32.1. The molecular weight excluding hydrogens is 238 g/mol. The maximum Gasteiger partial charge on any atom is 0.119 e. The first kappa shape index (κ1) is 11.6. The van der Waals surface area contributed by atoms with Crippen LogP contribution in [0.5, 0.6) is 0 Å². The summed E-state index contributed by atoms with van der Waals surface area (Å²) in [6, 6.07) is 3.68. The summed E-state index contributed by atoms with van der Waals surface area (Å²) in [5, 5.41) is 24.6. The van der Waals surface area contributed by atoms with Crippen molar-refractivity contribution < 1.29 is 10.4 Å². The van der Waals surface area contributed by atoms with Crippen molar-refractivity contribution in [1.29, 1.82) is 0 Å². The maximum absolute atomic E-state index is 9.67. The van der Waals surface area contributed by atoms with E-state index in [9.17, 15) is 5.21 Å². The molecule has 0 spiro atoms. The number of allylic oxidation sites excluding steroid dienone is 2. The molecule has 0 atom stereocenters. The summed E-state index contributed by atoms with van der Waals surface area (Å²) >= 11 is 1.45. The molecule has 5 nitrogen and oxygen atoms in total. The number of hydrogen-bond acceptors (Lipinski definition) is 6. The van der Waals surface area contributed by atoms with Crippen LogP contribution in [0.25, 0.3) is 0 Å². The minimum atomic E-state index is 0.101. The van der Waals surface area contributed by atoms with Crippen molar-refractivity contribution in [3.63, 3.8) is 0 Å². The second-order valence-corrected chi connectivity index (χ2v) is 4.26. The lowest BCUT2D eigenvalue weighted by Crippen LogP contribution is -2.22. The van der Waals surface area contributed by atoms with Gasteiger partial charge in [-0.1, -0.05) is 11.2 Å². The summed E-state index contributed by atoms with van der Waals surface area (Å²) in [5.41, 5.74) is 1.06. The van der Waals surface area contributed by atoms with E-state index in [0.717, 1.165) is 9.94 Å². The zero-order valence-corrected chi connectivity index (χ0v) is 9.71. The van der Waals surface area contributed by atoms with E-state index in [1.165, 1.54) is 17.5 Å². The number of rotatable bonds is 4. The van der Waals surface area contributed by atoms with Gasteiger partial charge in [0.2, 0.25) is 0 Å². The molecule has 1 aliphatic heterocycles. The normalized spacial score (nSPS) is 17.0. The van der Waals surface area contributed by atoms with Crippen LogP contribution in [0.2, 0.25) is 0 Å².